The van der Waals surface area contributed by atoms with Crippen LogP contribution >= 0.6 is 0 Å². The van der Waals surface area contributed by atoms with Gasteiger partial charge >= 0.3 is 0 Å². The highest BCUT2D eigenvalue weighted by atomic mass is 16.5. The van der Waals surface area contributed by atoms with Crippen LogP contribution in [-0.2, 0) is 16.0 Å². The van der Waals surface area contributed by atoms with Crippen LogP contribution in [0.2, 0.25) is 0 Å². The van der Waals surface area contributed by atoms with Crippen molar-refractivity contribution >= 4 is 23.7 Å². The van der Waals surface area contributed by atoms with E-state index in [1.165, 1.54) is 6.21 Å². The zero-order valence-electron chi connectivity index (χ0n) is 18.2. The first kappa shape index (κ1) is 23.7. The molecule has 2 amide bonds. The number of phenols is 1. The van der Waals surface area contributed by atoms with E-state index in [9.17, 15) is 14.7 Å². The third-order valence-corrected chi connectivity index (χ3v) is 4.70. The summed E-state index contributed by atoms with van der Waals surface area (Å²) in [6, 6.07) is 9.06. The van der Waals surface area contributed by atoms with Crippen LogP contribution in [0.4, 0.5) is 5.69 Å². The number of carbonyl (C=O) groups is 2. The maximum Gasteiger partial charge on any atom is 0.240 e. The second-order valence-corrected chi connectivity index (χ2v) is 7.04. The quantitative estimate of drug-likeness (QED) is 0.305. The number of hydrazone groups is 1. The molecule has 0 aliphatic rings. The van der Waals surface area contributed by atoms with Crippen molar-refractivity contribution in [1.82, 2.24) is 5.43 Å². The minimum Gasteiger partial charge on any atom is -0.504 e. The zero-order valence-corrected chi connectivity index (χ0v) is 18.2. The highest BCUT2D eigenvalue weighted by Crippen LogP contribution is 2.31. The number of ether oxygens (including phenoxy) is 1. The van der Waals surface area contributed by atoms with Crippen molar-refractivity contribution < 1.29 is 19.4 Å². The molecule has 0 saturated carbocycles. The van der Waals surface area contributed by atoms with Gasteiger partial charge in [0.15, 0.2) is 11.5 Å². The lowest BCUT2D eigenvalue weighted by atomic mass is 10.1. The number of phenolic OH excluding ortho intramolecular Hbond substituents is 1. The molecular formula is C24H29N3O4. The highest BCUT2D eigenvalue weighted by molar-refractivity contribution is 5.94. The van der Waals surface area contributed by atoms with Gasteiger partial charge in [0.05, 0.1) is 12.8 Å². The fourth-order valence-electron chi connectivity index (χ4n) is 2.90. The number of nitrogens with zero attached hydrogens (tertiary/aromatic N) is 1. The second-order valence-electron chi connectivity index (χ2n) is 7.04. The van der Waals surface area contributed by atoms with E-state index in [2.05, 4.69) is 22.4 Å². The summed E-state index contributed by atoms with van der Waals surface area (Å²) in [7, 11) is 0. The normalized spacial score (nSPS) is 10.7. The van der Waals surface area contributed by atoms with Gasteiger partial charge in [-0.3, -0.25) is 9.59 Å². The number of anilines is 1. The number of hydrogen-bond donors (Lipinski definition) is 3. The van der Waals surface area contributed by atoms with Crippen molar-refractivity contribution in [2.45, 2.75) is 40.0 Å². The van der Waals surface area contributed by atoms with E-state index in [1.807, 2.05) is 39.0 Å². The largest absolute Gasteiger partial charge is 0.504 e. The monoisotopic (exact) mass is 423 g/mol. The van der Waals surface area contributed by atoms with Gasteiger partial charge in [0.2, 0.25) is 11.8 Å². The van der Waals surface area contributed by atoms with E-state index >= 15 is 0 Å². The Morgan fingerprint density at radius 1 is 1.19 bits per heavy atom. The third kappa shape index (κ3) is 6.99. The maximum absolute atomic E-state index is 12.1. The van der Waals surface area contributed by atoms with Crippen molar-refractivity contribution in [1.29, 1.82) is 0 Å². The first-order valence-electron chi connectivity index (χ1n) is 10.1. The second kappa shape index (κ2) is 11.5. The van der Waals surface area contributed by atoms with Gasteiger partial charge in [-0.25, -0.2) is 5.43 Å². The van der Waals surface area contributed by atoms with Gasteiger partial charge in [0, 0.05) is 24.1 Å². The Morgan fingerprint density at radius 2 is 1.94 bits per heavy atom. The molecule has 3 N–H and O–H groups in total. The van der Waals surface area contributed by atoms with E-state index in [1.54, 1.807) is 18.2 Å². The molecule has 0 aliphatic heterocycles. The average molecular weight is 424 g/mol. The third-order valence-electron chi connectivity index (χ3n) is 4.70. The van der Waals surface area contributed by atoms with Crippen LogP contribution in [0.15, 0.2) is 48.1 Å². The van der Waals surface area contributed by atoms with Crippen LogP contribution in [0.1, 0.15) is 42.0 Å². The molecule has 0 aliphatic carbocycles. The number of benzene rings is 2. The van der Waals surface area contributed by atoms with Crippen molar-refractivity contribution in [3.63, 3.8) is 0 Å². The number of hydrogen-bond acceptors (Lipinski definition) is 5. The topological polar surface area (TPSA) is 100 Å². The molecule has 31 heavy (non-hydrogen) atoms. The lowest BCUT2D eigenvalue weighted by Gasteiger charge is -2.11. The lowest BCUT2D eigenvalue weighted by molar-refractivity contribution is -0.124. The number of aryl methyl sites for hydroxylation is 1. The minimum absolute atomic E-state index is 0.00945. The Balaban J connectivity index is 1.91. The summed E-state index contributed by atoms with van der Waals surface area (Å²) < 4.78 is 5.44. The van der Waals surface area contributed by atoms with Gasteiger partial charge in [-0.15, -0.1) is 6.58 Å². The van der Waals surface area contributed by atoms with Crippen LogP contribution in [0.3, 0.4) is 0 Å². The molecule has 164 valence electrons. The van der Waals surface area contributed by atoms with Crippen LogP contribution in [0, 0.1) is 13.8 Å². The smallest absolute Gasteiger partial charge is 0.240 e. The summed E-state index contributed by atoms with van der Waals surface area (Å²) in [6.45, 7) is 9.82. The molecule has 0 atom stereocenters. The van der Waals surface area contributed by atoms with Crippen LogP contribution in [-0.4, -0.2) is 29.7 Å². The first-order chi connectivity index (χ1) is 14.8. The number of nitrogens with one attached hydrogen (secondary N) is 2. The van der Waals surface area contributed by atoms with E-state index < -0.39 is 0 Å². The fourth-order valence-corrected chi connectivity index (χ4v) is 2.90. The molecule has 7 heteroatoms. The molecule has 2 rings (SSSR count). The molecular weight excluding hydrogens is 394 g/mol. The Kier molecular flexibility index (Phi) is 8.81. The minimum atomic E-state index is -0.373. The number of rotatable bonds is 10. The van der Waals surface area contributed by atoms with Gasteiger partial charge in [-0.1, -0.05) is 18.2 Å². The molecule has 2 aromatic carbocycles. The van der Waals surface area contributed by atoms with Crippen LogP contribution in [0.5, 0.6) is 11.5 Å². The van der Waals surface area contributed by atoms with Gasteiger partial charge < -0.3 is 15.2 Å². The van der Waals surface area contributed by atoms with Gasteiger partial charge in [-0.2, -0.15) is 5.10 Å². The van der Waals surface area contributed by atoms with Crippen molar-refractivity contribution in [2.75, 3.05) is 11.9 Å². The number of aromatic hydroxyl groups is 1. The van der Waals surface area contributed by atoms with Crippen molar-refractivity contribution in [3.05, 3.63) is 65.2 Å². The van der Waals surface area contributed by atoms with Gasteiger partial charge in [-0.05, 0) is 62.1 Å². The summed E-state index contributed by atoms with van der Waals surface area (Å²) in [6.07, 6.45) is 3.66. The molecule has 0 saturated heterocycles. The Hall–Kier alpha value is -3.61. The van der Waals surface area contributed by atoms with Crippen molar-refractivity contribution in [3.8, 4) is 11.5 Å². The SMILES string of the molecule is C=CCc1cc(C=NNC(=O)CCC(=O)Nc2cccc(C)c2C)cc(OCC)c1O. The summed E-state index contributed by atoms with van der Waals surface area (Å²) in [4.78, 5) is 24.2. The number of allylic oxidation sites excluding steroid dienone is 1. The van der Waals surface area contributed by atoms with E-state index in [4.69, 9.17) is 4.74 Å². The van der Waals surface area contributed by atoms with Gasteiger partial charge in [0.25, 0.3) is 0 Å². The van der Waals surface area contributed by atoms with Gasteiger partial charge in [0.1, 0.15) is 0 Å². The maximum atomic E-state index is 12.1. The predicted octanol–water partition coefficient (Wildman–Crippen LogP) is 4.01. The van der Waals surface area contributed by atoms with E-state index in [0.29, 0.717) is 29.9 Å². The summed E-state index contributed by atoms with van der Waals surface area (Å²) in [5, 5.41) is 17.0. The Bertz CT molecular complexity index is 983. The van der Waals surface area contributed by atoms with Crippen LogP contribution < -0.4 is 15.5 Å². The zero-order chi connectivity index (χ0) is 22.8. The summed E-state index contributed by atoms with van der Waals surface area (Å²) in [5.74, 6) is -0.195. The average Bonchev–Trinajstić information content (AvgIpc) is 2.73. The molecule has 2 aromatic rings. The van der Waals surface area contributed by atoms with E-state index in [-0.39, 0.29) is 30.4 Å². The molecule has 0 aromatic heterocycles. The molecule has 0 fully saturated rings. The first-order valence-corrected chi connectivity index (χ1v) is 10.1. The summed E-state index contributed by atoms with van der Waals surface area (Å²) >= 11 is 0. The lowest BCUT2D eigenvalue weighted by Crippen LogP contribution is -2.21. The predicted molar refractivity (Wildman–Crippen MR) is 123 cm³/mol. The molecule has 0 radical (unpaired) electrons. The molecule has 0 spiro atoms. The molecule has 0 unspecified atom stereocenters. The molecule has 0 heterocycles. The Labute approximate surface area is 182 Å². The fraction of sp³-hybridized carbons (Fsp3) is 0.292. The highest BCUT2D eigenvalue weighted by Gasteiger charge is 2.11. The standard InChI is InChI=1S/C24H29N3O4/c1-5-8-19-13-18(14-21(24(19)30)31-6-2)15-25-27-23(29)12-11-22(28)26-20-10-7-9-16(3)17(20)4/h5,7,9-10,13-15,30H,1,6,8,11-12H2,2-4H3,(H,26,28)(H,27,29). The van der Waals surface area contributed by atoms with E-state index in [0.717, 1.165) is 16.8 Å². The van der Waals surface area contributed by atoms with Crippen molar-refractivity contribution in [2.24, 2.45) is 5.10 Å². The number of carbonyl (C=O) groups excluding carboxylic acids is 2. The Morgan fingerprint density at radius 3 is 2.65 bits per heavy atom. The number of amides is 2. The van der Waals surface area contributed by atoms with Crippen LogP contribution in [0.25, 0.3) is 0 Å². The molecule has 0 bridgehead atoms. The summed E-state index contributed by atoms with van der Waals surface area (Å²) in [5.41, 5.74) is 6.56. The molecule has 7 nitrogen and oxygen atoms in total.